The number of carbonyl (C=O) groups is 2. The fourth-order valence-electron chi connectivity index (χ4n) is 3.23. The van der Waals surface area contributed by atoms with Gasteiger partial charge in [-0.2, -0.15) is 13.2 Å². The summed E-state index contributed by atoms with van der Waals surface area (Å²) in [7, 11) is 1.15. The Kier molecular flexibility index (Phi) is 10.2. The lowest BCUT2D eigenvalue weighted by molar-refractivity contribution is -0.274. The molecule has 218 valence electrons. The molecule has 14 heteroatoms. The molecule has 0 aromatic heterocycles. The summed E-state index contributed by atoms with van der Waals surface area (Å²) in [4.78, 5) is 29.9. The molecular weight excluding hydrogens is 562 g/mol. The molecule has 0 unspecified atom stereocenters. The lowest BCUT2D eigenvalue weighted by Gasteiger charge is -2.13. The van der Waals surface area contributed by atoms with Crippen molar-refractivity contribution >= 4 is 23.8 Å². The number of benzene rings is 3. The van der Waals surface area contributed by atoms with Crippen LogP contribution in [0.15, 0.2) is 71.9 Å². The van der Waals surface area contributed by atoms with Crippen LogP contribution in [0, 0.1) is 0 Å². The van der Waals surface area contributed by atoms with Gasteiger partial charge in [0.15, 0.2) is 0 Å². The van der Waals surface area contributed by atoms with Crippen LogP contribution in [0.25, 0.3) is 0 Å². The average molecular weight is 584 g/mol. The van der Waals surface area contributed by atoms with Crippen molar-refractivity contribution in [3.8, 4) is 11.5 Å². The molecule has 0 aliphatic rings. The highest BCUT2D eigenvalue weighted by Gasteiger charge is 2.31. The number of hydrogen-bond donors (Lipinski definition) is 1. The van der Waals surface area contributed by atoms with Gasteiger partial charge in [0.1, 0.15) is 18.1 Å². The van der Waals surface area contributed by atoms with Crippen molar-refractivity contribution in [2.24, 2.45) is 5.16 Å². The first-order chi connectivity index (χ1) is 19.4. The fourth-order valence-corrected chi connectivity index (χ4v) is 3.23. The summed E-state index contributed by atoms with van der Waals surface area (Å²) in [6, 6.07) is 12.8. The minimum absolute atomic E-state index is 0.00402. The summed E-state index contributed by atoms with van der Waals surface area (Å²) in [5.41, 5.74) is -0.321. The number of halogens is 6. The number of alkyl halides is 6. The van der Waals surface area contributed by atoms with Crippen LogP contribution in [0.2, 0.25) is 0 Å². The van der Waals surface area contributed by atoms with E-state index in [1.54, 1.807) is 0 Å². The number of rotatable bonds is 11. The van der Waals surface area contributed by atoms with Crippen LogP contribution >= 0.6 is 0 Å². The number of amides is 1. The van der Waals surface area contributed by atoms with Crippen LogP contribution < -0.4 is 14.8 Å². The Morgan fingerprint density at radius 1 is 0.878 bits per heavy atom. The predicted molar refractivity (Wildman–Crippen MR) is 134 cm³/mol. The molecule has 41 heavy (non-hydrogen) atoms. The van der Waals surface area contributed by atoms with Gasteiger partial charge in [0, 0.05) is 18.1 Å². The molecule has 8 nitrogen and oxygen atoms in total. The van der Waals surface area contributed by atoms with Crippen molar-refractivity contribution in [2.75, 3.05) is 25.6 Å². The monoisotopic (exact) mass is 584 g/mol. The van der Waals surface area contributed by atoms with E-state index in [-0.39, 0.29) is 35.8 Å². The van der Waals surface area contributed by atoms with E-state index >= 15 is 0 Å². The highest BCUT2D eigenvalue weighted by molar-refractivity contribution is 6.08. The molecule has 1 amide bonds. The SMILES string of the molecule is COC(=O)c1ccc(OCCCO/N=C/c2ccc(C(F)(F)F)cc2)cc1NC(=O)c1ccc(OC(F)(F)F)cc1. The van der Waals surface area contributed by atoms with Gasteiger partial charge < -0.3 is 24.4 Å². The number of methoxy groups -OCH3 is 1. The van der Waals surface area contributed by atoms with Crippen LogP contribution in [0.5, 0.6) is 11.5 Å². The molecule has 0 atom stereocenters. The standard InChI is InChI=1S/C27H22F6N2O6/c1-38-25(37)22-12-11-21(15-23(22)35-24(36)18-5-9-20(10-6-18)41-27(31,32)33)39-13-2-14-40-34-16-17-3-7-19(8-4-17)26(28,29)30/h3-12,15-16H,2,13-14H2,1H3,(H,35,36)/b34-16+. The maximum Gasteiger partial charge on any atom is 0.573 e. The highest BCUT2D eigenvalue weighted by atomic mass is 19.4. The van der Waals surface area contributed by atoms with Gasteiger partial charge in [-0.05, 0) is 54.1 Å². The zero-order valence-corrected chi connectivity index (χ0v) is 21.2. The Morgan fingerprint density at radius 2 is 1.54 bits per heavy atom. The van der Waals surface area contributed by atoms with Gasteiger partial charge in [0.25, 0.3) is 5.91 Å². The fraction of sp³-hybridized carbons (Fsp3) is 0.222. The molecule has 3 aromatic rings. The van der Waals surface area contributed by atoms with Gasteiger partial charge in [-0.1, -0.05) is 17.3 Å². The van der Waals surface area contributed by atoms with Gasteiger partial charge in [-0.25, -0.2) is 4.79 Å². The van der Waals surface area contributed by atoms with Crippen LogP contribution in [0.1, 0.15) is 38.3 Å². The number of ether oxygens (including phenoxy) is 3. The summed E-state index contributed by atoms with van der Waals surface area (Å²) in [5, 5.41) is 6.20. The molecule has 0 heterocycles. The lowest BCUT2D eigenvalue weighted by Crippen LogP contribution is -2.18. The van der Waals surface area contributed by atoms with Gasteiger partial charge in [-0.15, -0.1) is 13.2 Å². The zero-order valence-electron chi connectivity index (χ0n) is 21.2. The Morgan fingerprint density at radius 3 is 2.15 bits per heavy atom. The minimum Gasteiger partial charge on any atom is -0.493 e. The van der Waals surface area contributed by atoms with Crippen LogP contribution in [0.3, 0.4) is 0 Å². The van der Waals surface area contributed by atoms with Crippen molar-refractivity contribution in [2.45, 2.75) is 19.0 Å². The number of anilines is 1. The van der Waals surface area contributed by atoms with Crippen molar-refractivity contribution in [1.29, 1.82) is 0 Å². The van der Waals surface area contributed by atoms with E-state index in [1.807, 2.05) is 0 Å². The molecule has 0 radical (unpaired) electrons. The quantitative estimate of drug-likeness (QED) is 0.0914. The molecule has 0 aliphatic heterocycles. The van der Waals surface area contributed by atoms with Gasteiger partial charge >= 0.3 is 18.5 Å². The molecule has 3 aromatic carbocycles. The van der Waals surface area contributed by atoms with E-state index in [2.05, 4.69) is 15.2 Å². The molecule has 1 N–H and O–H groups in total. The molecule has 0 bridgehead atoms. The third-order valence-electron chi connectivity index (χ3n) is 5.16. The largest absolute Gasteiger partial charge is 0.573 e. The summed E-state index contributed by atoms with van der Waals surface area (Å²) >= 11 is 0. The summed E-state index contributed by atoms with van der Waals surface area (Å²) in [6.45, 7) is 0.260. The predicted octanol–water partition coefficient (Wildman–Crippen LogP) is 6.46. The Bertz CT molecular complexity index is 1360. The van der Waals surface area contributed by atoms with Crippen LogP contribution in [-0.4, -0.2) is 44.8 Å². The smallest absolute Gasteiger partial charge is 0.493 e. The molecule has 0 spiro atoms. The van der Waals surface area contributed by atoms with Crippen molar-refractivity contribution in [3.63, 3.8) is 0 Å². The minimum atomic E-state index is -4.88. The second kappa shape index (κ2) is 13.5. The molecule has 0 fully saturated rings. The zero-order chi connectivity index (χ0) is 30.0. The Hall–Kier alpha value is -4.75. The summed E-state index contributed by atoms with van der Waals surface area (Å²) in [5.74, 6) is -1.70. The van der Waals surface area contributed by atoms with E-state index < -0.39 is 35.7 Å². The van der Waals surface area contributed by atoms with E-state index in [0.29, 0.717) is 12.0 Å². The Labute approximate surface area is 229 Å². The molecule has 0 aliphatic carbocycles. The third kappa shape index (κ3) is 9.74. The highest BCUT2D eigenvalue weighted by Crippen LogP contribution is 2.29. The molecule has 3 rings (SSSR count). The normalized spacial score (nSPS) is 11.7. The molecular formula is C27H22F6N2O6. The number of esters is 1. The number of oxime groups is 1. The van der Waals surface area contributed by atoms with Crippen LogP contribution in [-0.2, 0) is 15.8 Å². The van der Waals surface area contributed by atoms with E-state index in [0.717, 1.165) is 43.5 Å². The van der Waals surface area contributed by atoms with Crippen molar-refractivity contribution in [3.05, 3.63) is 89.0 Å². The third-order valence-corrected chi connectivity index (χ3v) is 5.16. The first-order valence-corrected chi connectivity index (χ1v) is 11.7. The number of hydrogen-bond acceptors (Lipinski definition) is 7. The van der Waals surface area contributed by atoms with Gasteiger partial charge in [0.2, 0.25) is 0 Å². The molecule has 0 saturated heterocycles. The first-order valence-electron chi connectivity index (χ1n) is 11.7. The second-order valence-electron chi connectivity index (χ2n) is 8.11. The first kappa shape index (κ1) is 30.8. The summed E-state index contributed by atoms with van der Waals surface area (Å²) in [6.07, 6.45) is -7.69. The van der Waals surface area contributed by atoms with E-state index in [1.165, 1.54) is 36.5 Å². The Balaban J connectivity index is 1.54. The topological polar surface area (TPSA) is 95.5 Å². The number of nitrogens with one attached hydrogen (secondary N) is 1. The lowest BCUT2D eigenvalue weighted by atomic mass is 10.1. The van der Waals surface area contributed by atoms with Crippen molar-refractivity contribution < 1.29 is 55.0 Å². The molecule has 0 saturated carbocycles. The van der Waals surface area contributed by atoms with E-state index in [9.17, 15) is 35.9 Å². The van der Waals surface area contributed by atoms with Gasteiger partial charge in [0.05, 0.1) is 36.7 Å². The van der Waals surface area contributed by atoms with E-state index in [4.69, 9.17) is 14.3 Å². The maximum absolute atomic E-state index is 12.7. The second-order valence-corrected chi connectivity index (χ2v) is 8.11. The number of nitrogens with zero attached hydrogens (tertiary/aromatic N) is 1. The van der Waals surface area contributed by atoms with Gasteiger partial charge in [-0.3, -0.25) is 4.79 Å². The number of carbonyl (C=O) groups excluding carboxylic acids is 2. The summed E-state index contributed by atoms with van der Waals surface area (Å²) < 4.78 is 89.0. The van der Waals surface area contributed by atoms with Crippen molar-refractivity contribution in [1.82, 2.24) is 0 Å². The maximum atomic E-state index is 12.7. The van der Waals surface area contributed by atoms with Crippen LogP contribution in [0.4, 0.5) is 32.0 Å². The average Bonchev–Trinajstić information content (AvgIpc) is 2.91.